The van der Waals surface area contributed by atoms with E-state index in [4.69, 9.17) is 46.4 Å². The minimum atomic E-state index is -0.679. The molecule has 0 spiro atoms. The molecule has 114 valence electrons. The van der Waals surface area contributed by atoms with E-state index in [2.05, 4.69) is 10.5 Å². The van der Waals surface area contributed by atoms with Gasteiger partial charge in [-0.25, -0.2) is 5.43 Å². The van der Waals surface area contributed by atoms with E-state index in [0.717, 1.165) is 0 Å². The summed E-state index contributed by atoms with van der Waals surface area (Å²) in [5, 5.41) is 14.5. The molecule has 0 saturated carbocycles. The van der Waals surface area contributed by atoms with Crippen molar-refractivity contribution in [2.24, 2.45) is 5.10 Å². The Morgan fingerprint density at radius 1 is 1.09 bits per heavy atom. The molecule has 0 aromatic heterocycles. The van der Waals surface area contributed by atoms with Gasteiger partial charge in [0.15, 0.2) is 0 Å². The van der Waals surface area contributed by atoms with Crippen LogP contribution < -0.4 is 5.43 Å². The molecule has 2 N–H and O–H groups in total. The van der Waals surface area contributed by atoms with Gasteiger partial charge in [-0.15, -0.1) is 0 Å². The number of phenols is 1. The molecule has 0 atom stereocenters. The number of halogens is 4. The van der Waals surface area contributed by atoms with Crippen molar-refractivity contribution >= 4 is 58.5 Å². The van der Waals surface area contributed by atoms with Gasteiger partial charge in [-0.3, -0.25) is 4.79 Å². The fourth-order valence-electron chi connectivity index (χ4n) is 1.59. The highest BCUT2D eigenvalue weighted by molar-refractivity contribution is 6.38. The van der Waals surface area contributed by atoms with Gasteiger partial charge < -0.3 is 5.11 Å². The van der Waals surface area contributed by atoms with Crippen LogP contribution in [-0.4, -0.2) is 17.2 Å². The number of nitrogens with one attached hydrogen (secondary N) is 1. The van der Waals surface area contributed by atoms with E-state index in [0.29, 0.717) is 15.6 Å². The minimum absolute atomic E-state index is 0.0317. The van der Waals surface area contributed by atoms with E-state index in [-0.39, 0.29) is 21.4 Å². The number of hydrazone groups is 1. The average Bonchev–Trinajstić information content (AvgIpc) is 2.45. The molecule has 2 aromatic carbocycles. The number of rotatable bonds is 3. The van der Waals surface area contributed by atoms with Crippen LogP contribution in [0.4, 0.5) is 0 Å². The number of carbonyl (C=O) groups excluding carboxylic acids is 1. The summed E-state index contributed by atoms with van der Waals surface area (Å²) in [6.07, 6.45) is 1.30. The Kier molecular flexibility index (Phi) is 5.53. The molecule has 22 heavy (non-hydrogen) atoms. The zero-order valence-electron chi connectivity index (χ0n) is 10.8. The molecule has 4 nitrogen and oxygen atoms in total. The summed E-state index contributed by atoms with van der Waals surface area (Å²) in [4.78, 5) is 12.0. The maximum atomic E-state index is 12.0. The SMILES string of the molecule is O=C(N/N=C\c1c(Cl)cccc1Cl)c1cc(Cl)cc(Cl)c1O. The van der Waals surface area contributed by atoms with Crippen molar-refractivity contribution in [3.05, 3.63) is 61.5 Å². The molecule has 0 aliphatic carbocycles. The molecule has 0 radical (unpaired) electrons. The van der Waals surface area contributed by atoms with Crippen LogP contribution in [0.25, 0.3) is 0 Å². The number of nitrogens with zero attached hydrogens (tertiary/aromatic N) is 1. The Labute approximate surface area is 146 Å². The second-order valence-electron chi connectivity index (χ2n) is 4.12. The van der Waals surface area contributed by atoms with Gasteiger partial charge in [-0.2, -0.15) is 5.10 Å². The molecule has 2 aromatic rings. The smallest absolute Gasteiger partial charge is 0.275 e. The first-order chi connectivity index (χ1) is 10.4. The van der Waals surface area contributed by atoms with E-state index in [1.54, 1.807) is 18.2 Å². The van der Waals surface area contributed by atoms with Gasteiger partial charge in [0.2, 0.25) is 0 Å². The summed E-state index contributed by atoms with van der Waals surface area (Å²) in [5.41, 5.74) is 2.59. The zero-order valence-corrected chi connectivity index (χ0v) is 13.8. The molecule has 0 bridgehead atoms. The molecule has 0 heterocycles. The first-order valence-corrected chi connectivity index (χ1v) is 7.36. The Morgan fingerprint density at radius 3 is 2.36 bits per heavy atom. The van der Waals surface area contributed by atoms with E-state index in [1.807, 2.05) is 0 Å². The number of benzene rings is 2. The molecular formula is C14H8Cl4N2O2. The van der Waals surface area contributed by atoms with Crippen molar-refractivity contribution in [2.75, 3.05) is 0 Å². The molecule has 0 aliphatic heterocycles. The number of aromatic hydroxyl groups is 1. The molecule has 8 heteroatoms. The van der Waals surface area contributed by atoms with Crippen LogP contribution in [-0.2, 0) is 0 Å². The van der Waals surface area contributed by atoms with Crippen LogP contribution >= 0.6 is 46.4 Å². The second-order valence-corrected chi connectivity index (χ2v) is 5.78. The normalized spacial score (nSPS) is 10.9. The van der Waals surface area contributed by atoms with E-state index >= 15 is 0 Å². The highest BCUT2D eigenvalue weighted by Gasteiger charge is 2.14. The Balaban J connectivity index is 2.19. The van der Waals surface area contributed by atoms with Gasteiger partial charge >= 0.3 is 0 Å². The average molecular weight is 378 g/mol. The molecule has 0 saturated heterocycles. The van der Waals surface area contributed by atoms with E-state index in [1.165, 1.54) is 18.3 Å². The van der Waals surface area contributed by atoms with E-state index in [9.17, 15) is 9.90 Å². The molecule has 0 fully saturated rings. The first kappa shape index (κ1) is 16.9. The summed E-state index contributed by atoms with van der Waals surface area (Å²) in [6.45, 7) is 0. The van der Waals surface area contributed by atoms with Crippen molar-refractivity contribution < 1.29 is 9.90 Å². The van der Waals surface area contributed by atoms with Crippen LogP contribution in [0.5, 0.6) is 5.75 Å². The lowest BCUT2D eigenvalue weighted by molar-refractivity contribution is 0.0952. The van der Waals surface area contributed by atoms with E-state index < -0.39 is 5.91 Å². The zero-order chi connectivity index (χ0) is 16.3. The van der Waals surface area contributed by atoms with Gasteiger partial charge in [-0.05, 0) is 24.3 Å². The monoisotopic (exact) mass is 376 g/mol. The minimum Gasteiger partial charge on any atom is -0.506 e. The quantitative estimate of drug-likeness (QED) is 0.597. The topological polar surface area (TPSA) is 61.7 Å². The van der Waals surface area contributed by atoms with Gasteiger partial charge in [0.25, 0.3) is 5.91 Å². The number of hydrogen-bond acceptors (Lipinski definition) is 3. The van der Waals surface area contributed by atoms with Crippen molar-refractivity contribution in [1.29, 1.82) is 0 Å². The fourth-order valence-corrected chi connectivity index (χ4v) is 2.58. The summed E-state index contributed by atoms with van der Waals surface area (Å²) in [6, 6.07) is 7.56. The largest absolute Gasteiger partial charge is 0.506 e. The number of amides is 1. The number of hydrogen-bond donors (Lipinski definition) is 2. The fraction of sp³-hybridized carbons (Fsp3) is 0. The van der Waals surface area contributed by atoms with Crippen molar-refractivity contribution in [3.8, 4) is 5.75 Å². The third kappa shape index (κ3) is 3.84. The van der Waals surface area contributed by atoms with Crippen LogP contribution in [0, 0.1) is 0 Å². The van der Waals surface area contributed by atoms with Gasteiger partial charge in [0.1, 0.15) is 5.75 Å². The standard InChI is InChI=1S/C14H8Cl4N2O2/c15-7-4-8(13(21)12(18)5-7)14(22)20-19-6-9-10(16)2-1-3-11(9)17/h1-6,21H,(H,20,22)/b19-6-. The molecule has 0 unspecified atom stereocenters. The van der Waals surface area contributed by atoms with Crippen molar-refractivity contribution in [1.82, 2.24) is 5.43 Å². The second kappa shape index (κ2) is 7.20. The lowest BCUT2D eigenvalue weighted by atomic mass is 10.2. The third-order valence-corrected chi connectivity index (χ3v) is 3.80. The molecule has 2 rings (SSSR count). The predicted octanol–water partition coefficient (Wildman–Crippen LogP) is 4.77. The Hall–Kier alpha value is -1.46. The maximum Gasteiger partial charge on any atom is 0.275 e. The highest BCUT2D eigenvalue weighted by atomic mass is 35.5. The lowest BCUT2D eigenvalue weighted by Gasteiger charge is -2.06. The van der Waals surface area contributed by atoms with Crippen molar-refractivity contribution in [3.63, 3.8) is 0 Å². The predicted molar refractivity (Wildman–Crippen MR) is 89.6 cm³/mol. The molecule has 1 amide bonds. The van der Waals surface area contributed by atoms with Crippen LogP contribution in [0.3, 0.4) is 0 Å². The van der Waals surface area contributed by atoms with Gasteiger partial charge in [-0.1, -0.05) is 52.5 Å². The van der Waals surface area contributed by atoms with Crippen molar-refractivity contribution in [2.45, 2.75) is 0 Å². The third-order valence-electron chi connectivity index (χ3n) is 2.63. The Bertz CT molecular complexity index is 742. The summed E-state index contributed by atoms with van der Waals surface area (Å²) < 4.78 is 0. The molecule has 0 aliphatic rings. The first-order valence-electron chi connectivity index (χ1n) is 5.85. The van der Waals surface area contributed by atoms with Crippen LogP contribution in [0.15, 0.2) is 35.4 Å². The number of carbonyl (C=O) groups is 1. The lowest BCUT2D eigenvalue weighted by Crippen LogP contribution is -2.18. The van der Waals surface area contributed by atoms with Gasteiger partial charge in [0.05, 0.1) is 26.8 Å². The van der Waals surface area contributed by atoms with Crippen LogP contribution in [0.2, 0.25) is 20.1 Å². The summed E-state index contributed by atoms with van der Waals surface area (Å²) >= 11 is 23.5. The Morgan fingerprint density at radius 2 is 1.73 bits per heavy atom. The summed E-state index contributed by atoms with van der Waals surface area (Å²) in [5.74, 6) is -1.06. The van der Waals surface area contributed by atoms with Gasteiger partial charge in [0, 0.05) is 10.6 Å². The number of phenolic OH excluding ortho intramolecular Hbond substituents is 1. The maximum absolute atomic E-state index is 12.0. The molecular weight excluding hydrogens is 370 g/mol. The summed E-state index contributed by atoms with van der Waals surface area (Å²) in [7, 11) is 0. The highest BCUT2D eigenvalue weighted by Crippen LogP contribution is 2.31. The van der Waals surface area contributed by atoms with Crippen LogP contribution in [0.1, 0.15) is 15.9 Å².